The Kier molecular flexibility index (Phi) is 5.40. The molecule has 1 saturated heterocycles. The van der Waals surface area contributed by atoms with E-state index in [0.717, 1.165) is 16.7 Å². The molecule has 9 nitrogen and oxygen atoms in total. The maximum Gasteiger partial charge on any atom is 0.357 e. The third-order valence-electron chi connectivity index (χ3n) is 4.21. The summed E-state index contributed by atoms with van der Waals surface area (Å²) in [5.41, 5.74) is 5.44. The lowest BCUT2D eigenvalue weighted by atomic mass is 9.92. The molecular formula is C17H19N3O6S. The Bertz CT molecular complexity index is 825. The molecule has 2 unspecified atom stereocenters. The van der Waals surface area contributed by atoms with Crippen LogP contribution in [0.25, 0.3) is 0 Å². The van der Waals surface area contributed by atoms with Crippen LogP contribution in [0.2, 0.25) is 0 Å². The lowest BCUT2D eigenvalue weighted by Crippen LogP contribution is -2.60. The number of nitrogens with one attached hydrogen (secondary N) is 1. The first kappa shape index (κ1) is 19.2. The third kappa shape index (κ3) is 3.51. The topological polar surface area (TPSA) is 142 Å². The van der Waals surface area contributed by atoms with Crippen LogP contribution in [0.1, 0.15) is 17.3 Å². The van der Waals surface area contributed by atoms with Crippen LogP contribution >= 0.6 is 11.8 Å². The molecule has 0 saturated carbocycles. The fourth-order valence-electron chi connectivity index (χ4n) is 2.92. The fraction of sp³-hybridized carbons (Fsp3) is 0.353. The predicted molar refractivity (Wildman–Crippen MR) is 96.5 cm³/mol. The number of fused-ring (bicyclic) bond motifs is 1. The van der Waals surface area contributed by atoms with Crippen molar-refractivity contribution in [3.63, 3.8) is 0 Å². The number of ether oxygens (including phenoxy) is 1. The summed E-state index contributed by atoms with van der Waals surface area (Å²) in [7, 11) is 0. The smallest absolute Gasteiger partial charge is 0.357 e. The minimum Gasteiger partial charge on any atom is -0.476 e. The van der Waals surface area contributed by atoms with Crippen LogP contribution in [0.4, 0.5) is 0 Å². The second-order valence-electron chi connectivity index (χ2n) is 6.10. The van der Waals surface area contributed by atoms with Crippen LogP contribution in [0, 0.1) is 5.92 Å². The molecule has 3 rings (SSSR count). The summed E-state index contributed by atoms with van der Waals surface area (Å²) in [5.74, 6) is -2.49. The Labute approximate surface area is 159 Å². The van der Waals surface area contributed by atoms with Gasteiger partial charge < -0.3 is 26.0 Å². The molecule has 5 N–H and O–H groups in total. The first-order chi connectivity index (χ1) is 12.8. The number of nitrogens with zero attached hydrogens (tertiary/aromatic N) is 1. The number of aliphatic hydroxyl groups is 1. The zero-order valence-corrected chi connectivity index (χ0v) is 15.2. The van der Waals surface area contributed by atoms with Crippen molar-refractivity contribution in [2.75, 3.05) is 13.1 Å². The lowest BCUT2D eigenvalue weighted by molar-refractivity contribution is -0.156. The van der Waals surface area contributed by atoms with Crippen molar-refractivity contribution < 1.29 is 29.3 Å². The van der Waals surface area contributed by atoms with Gasteiger partial charge in [-0.05, 0) is 25.1 Å². The Hall–Kier alpha value is -2.56. The highest BCUT2D eigenvalue weighted by atomic mass is 32.2. The highest BCUT2D eigenvalue weighted by Crippen LogP contribution is 2.50. The Balaban J connectivity index is 1.82. The minimum absolute atomic E-state index is 0.0449. The molecule has 0 aliphatic carbocycles. The molecule has 10 heteroatoms. The van der Waals surface area contributed by atoms with Gasteiger partial charge in [0.05, 0.1) is 12.0 Å². The number of thioether (sulfide) groups is 1. The number of carbonyl (C=O) groups is 3. The van der Waals surface area contributed by atoms with Gasteiger partial charge in [0.2, 0.25) is 5.91 Å². The van der Waals surface area contributed by atoms with E-state index in [0.29, 0.717) is 18.7 Å². The van der Waals surface area contributed by atoms with E-state index in [-0.39, 0.29) is 22.4 Å². The summed E-state index contributed by atoms with van der Waals surface area (Å²) in [6, 6.07) is 6.25. The Morgan fingerprint density at radius 1 is 1.44 bits per heavy atom. The van der Waals surface area contributed by atoms with Gasteiger partial charge in [-0.3, -0.25) is 14.5 Å². The quantitative estimate of drug-likeness (QED) is 0.471. The third-order valence-corrected chi connectivity index (χ3v) is 5.44. The van der Waals surface area contributed by atoms with Gasteiger partial charge in [0, 0.05) is 18.7 Å². The summed E-state index contributed by atoms with van der Waals surface area (Å²) in [5, 5.41) is 21.4. The van der Waals surface area contributed by atoms with Crippen LogP contribution in [0.5, 0.6) is 5.75 Å². The van der Waals surface area contributed by atoms with Crippen molar-refractivity contribution in [2.45, 2.75) is 18.4 Å². The van der Waals surface area contributed by atoms with Gasteiger partial charge in [-0.25, -0.2) is 4.79 Å². The molecule has 2 aliphatic rings. The molecule has 144 valence electrons. The minimum atomic E-state index is -1.30. The van der Waals surface area contributed by atoms with E-state index in [1.54, 1.807) is 18.2 Å². The zero-order valence-electron chi connectivity index (χ0n) is 14.4. The summed E-state index contributed by atoms with van der Waals surface area (Å²) in [4.78, 5) is 37.0. The number of benzene rings is 1. The number of carbonyl (C=O) groups excluding carboxylic acids is 2. The molecular weight excluding hydrogens is 374 g/mol. The molecule has 0 spiro atoms. The molecule has 0 radical (unpaired) electrons. The first-order valence-corrected chi connectivity index (χ1v) is 9.14. The van der Waals surface area contributed by atoms with Crippen LogP contribution in [0.15, 0.2) is 35.1 Å². The van der Waals surface area contributed by atoms with Crippen molar-refractivity contribution in [3.8, 4) is 5.75 Å². The van der Waals surface area contributed by atoms with E-state index >= 15 is 0 Å². The van der Waals surface area contributed by atoms with Gasteiger partial charge >= 0.3 is 5.97 Å². The standard InChI is InChI=1S/C17H19N3O6S/c1-8(21)11-14(23)20-12(16(24)25)17(27-15(11)20)26-10-4-2-3-9(7-10)13(22)19-6-5-18/h2-4,7-8,11,15,21H,5-6,18H2,1H3,(H,19,22)(H,24,25)/t8-,11?,15?/m0/s1. The van der Waals surface area contributed by atoms with Crippen LogP contribution in [-0.4, -0.2) is 57.5 Å². The summed E-state index contributed by atoms with van der Waals surface area (Å²) in [6.07, 6.45) is -0.893. The second kappa shape index (κ2) is 7.59. The summed E-state index contributed by atoms with van der Waals surface area (Å²) < 4.78 is 5.68. The summed E-state index contributed by atoms with van der Waals surface area (Å²) >= 11 is 1.06. The van der Waals surface area contributed by atoms with E-state index in [1.807, 2.05) is 0 Å². The van der Waals surface area contributed by atoms with Gasteiger partial charge in [-0.2, -0.15) is 0 Å². The lowest BCUT2D eigenvalue weighted by Gasteiger charge is -2.43. The van der Waals surface area contributed by atoms with E-state index in [4.69, 9.17) is 10.5 Å². The normalized spacial score (nSPS) is 22.2. The molecule has 27 heavy (non-hydrogen) atoms. The maximum atomic E-state index is 12.2. The van der Waals surface area contributed by atoms with Gasteiger partial charge in [0.1, 0.15) is 11.1 Å². The first-order valence-electron chi connectivity index (χ1n) is 8.26. The predicted octanol–water partition coefficient (Wildman–Crippen LogP) is -0.0803. The van der Waals surface area contributed by atoms with Gasteiger partial charge in [0.25, 0.3) is 5.91 Å². The van der Waals surface area contributed by atoms with Crippen LogP contribution in [0.3, 0.4) is 0 Å². The molecule has 2 aliphatic heterocycles. The monoisotopic (exact) mass is 393 g/mol. The molecule has 1 fully saturated rings. The number of carboxylic acid groups (broad SMARTS) is 1. The number of carboxylic acids is 1. The molecule has 1 aromatic carbocycles. The number of β-lactam (4-membered cyclic amide) rings is 1. The average Bonchev–Trinajstić information content (AvgIpc) is 2.93. The number of amides is 2. The van der Waals surface area contributed by atoms with Crippen LogP contribution < -0.4 is 15.8 Å². The highest BCUT2D eigenvalue weighted by Gasteiger charge is 2.58. The zero-order chi connectivity index (χ0) is 19.7. The van der Waals surface area contributed by atoms with Gasteiger partial charge in [0.15, 0.2) is 10.8 Å². The van der Waals surface area contributed by atoms with Crippen molar-refractivity contribution in [1.82, 2.24) is 10.2 Å². The number of aliphatic carboxylic acids is 1. The van der Waals surface area contributed by atoms with E-state index in [2.05, 4.69) is 5.32 Å². The van der Waals surface area contributed by atoms with Gasteiger partial charge in [-0.15, -0.1) is 0 Å². The number of rotatable bonds is 7. The average molecular weight is 393 g/mol. The van der Waals surface area contributed by atoms with Crippen molar-refractivity contribution in [2.24, 2.45) is 11.7 Å². The second-order valence-corrected chi connectivity index (χ2v) is 7.19. The molecule has 3 atom stereocenters. The number of hydrogen-bond donors (Lipinski definition) is 4. The van der Waals surface area contributed by atoms with Crippen LogP contribution in [-0.2, 0) is 9.59 Å². The molecule has 1 aromatic rings. The van der Waals surface area contributed by atoms with E-state index < -0.39 is 29.3 Å². The number of aliphatic hydroxyl groups excluding tert-OH is 1. The highest BCUT2D eigenvalue weighted by molar-refractivity contribution is 8.03. The largest absolute Gasteiger partial charge is 0.476 e. The fourth-order valence-corrected chi connectivity index (χ4v) is 4.38. The Morgan fingerprint density at radius 2 is 2.19 bits per heavy atom. The number of hydrogen-bond acceptors (Lipinski definition) is 7. The van der Waals surface area contributed by atoms with E-state index in [1.165, 1.54) is 13.0 Å². The van der Waals surface area contributed by atoms with E-state index in [9.17, 15) is 24.6 Å². The SMILES string of the molecule is C[C@H](O)C1C(=O)N2C(C(=O)O)=C(Oc3cccc(C(=O)NCCN)c3)SC12. The summed E-state index contributed by atoms with van der Waals surface area (Å²) in [6.45, 7) is 2.12. The molecule has 0 bridgehead atoms. The van der Waals surface area contributed by atoms with Crippen molar-refractivity contribution in [1.29, 1.82) is 0 Å². The van der Waals surface area contributed by atoms with Crippen molar-refractivity contribution in [3.05, 3.63) is 40.6 Å². The van der Waals surface area contributed by atoms with Gasteiger partial charge in [-0.1, -0.05) is 17.8 Å². The molecule has 0 aromatic heterocycles. The number of nitrogens with two attached hydrogens (primary N) is 1. The van der Waals surface area contributed by atoms with Crippen molar-refractivity contribution >= 4 is 29.5 Å². The maximum absolute atomic E-state index is 12.2. The Morgan fingerprint density at radius 3 is 2.81 bits per heavy atom. The molecule has 2 heterocycles. The molecule has 2 amide bonds.